The Morgan fingerprint density at radius 3 is 2.50 bits per heavy atom. The number of rotatable bonds is 2. The molecule has 0 radical (unpaired) electrons. The van der Waals surface area contributed by atoms with Gasteiger partial charge in [0.1, 0.15) is 5.82 Å². The number of aromatic nitrogens is 1. The van der Waals surface area contributed by atoms with Crippen molar-refractivity contribution < 1.29 is 0 Å². The van der Waals surface area contributed by atoms with Gasteiger partial charge in [0.05, 0.1) is 0 Å². The molecule has 2 heterocycles. The summed E-state index contributed by atoms with van der Waals surface area (Å²) in [4.78, 5) is 6.98. The lowest BCUT2D eigenvalue weighted by Crippen LogP contribution is -2.25. The Bertz CT molecular complexity index is 341. The fraction of sp³-hybridized carbons (Fsp3) is 0.615. The van der Waals surface area contributed by atoms with Crippen LogP contribution in [0.3, 0.4) is 0 Å². The summed E-state index contributed by atoms with van der Waals surface area (Å²) < 4.78 is 0. The van der Waals surface area contributed by atoms with Crippen molar-refractivity contribution in [3.05, 3.63) is 23.4 Å². The quantitative estimate of drug-likeness (QED) is 0.829. The lowest BCUT2D eigenvalue weighted by atomic mass is 10.2. The molecule has 1 aliphatic rings. The summed E-state index contributed by atoms with van der Waals surface area (Å²) in [6, 6.07) is 2.16. The fourth-order valence-electron chi connectivity index (χ4n) is 2.35. The van der Waals surface area contributed by atoms with Crippen LogP contribution < -0.4 is 10.6 Å². The first-order valence-corrected chi connectivity index (χ1v) is 6.22. The van der Waals surface area contributed by atoms with E-state index in [1.54, 1.807) is 0 Å². The second-order valence-corrected chi connectivity index (χ2v) is 4.59. The van der Waals surface area contributed by atoms with Crippen LogP contribution in [0.5, 0.6) is 0 Å². The molecule has 1 aromatic rings. The van der Waals surface area contributed by atoms with Crippen LogP contribution in [-0.2, 0) is 6.54 Å². The van der Waals surface area contributed by atoms with Gasteiger partial charge in [0, 0.05) is 25.8 Å². The van der Waals surface area contributed by atoms with Crippen molar-refractivity contribution in [3.8, 4) is 0 Å². The van der Waals surface area contributed by atoms with Crippen molar-refractivity contribution in [3.63, 3.8) is 0 Å². The maximum Gasteiger partial charge on any atom is 0.131 e. The largest absolute Gasteiger partial charge is 0.356 e. The van der Waals surface area contributed by atoms with Crippen LogP contribution in [0.4, 0.5) is 5.82 Å². The number of anilines is 1. The maximum absolute atomic E-state index is 5.62. The molecule has 0 aromatic carbocycles. The monoisotopic (exact) mass is 219 g/mol. The summed E-state index contributed by atoms with van der Waals surface area (Å²) in [5, 5.41) is 0. The third-order valence-electron chi connectivity index (χ3n) is 3.25. The number of hydrogen-bond donors (Lipinski definition) is 1. The molecule has 3 heteroatoms. The van der Waals surface area contributed by atoms with Crippen LogP contribution in [0.15, 0.2) is 12.3 Å². The molecule has 16 heavy (non-hydrogen) atoms. The summed E-state index contributed by atoms with van der Waals surface area (Å²) >= 11 is 0. The van der Waals surface area contributed by atoms with E-state index in [0.29, 0.717) is 6.54 Å². The summed E-state index contributed by atoms with van der Waals surface area (Å²) in [5.74, 6) is 1.15. The molecule has 1 saturated heterocycles. The first kappa shape index (κ1) is 11.4. The number of hydrogen-bond acceptors (Lipinski definition) is 3. The Hall–Kier alpha value is -1.09. The highest BCUT2D eigenvalue weighted by Crippen LogP contribution is 2.21. The number of nitrogens with two attached hydrogens (primary N) is 1. The maximum atomic E-state index is 5.62. The predicted molar refractivity (Wildman–Crippen MR) is 67.5 cm³/mol. The van der Waals surface area contributed by atoms with E-state index in [2.05, 4.69) is 22.9 Å². The van der Waals surface area contributed by atoms with Crippen LogP contribution >= 0.6 is 0 Å². The van der Waals surface area contributed by atoms with Crippen LogP contribution in [-0.4, -0.2) is 18.1 Å². The van der Waals surface area contributed by atoms with Gasteiger partial charge in [0.2, 0.25) is 0 Å². The molecule has 0 atom stereocenters. The number of pyridine rings is 1. The molecule has 3 nitrogen and oxygen atoms in total. The van der Waals surface area contributed by atoms with Crippen molar-refractivity contribution in [1.29, 1.82) is 0 Å². The van der Waals surface area contributed by atoms with Gasteiger partial charge in [-0.15, -0.1) is 0 Å². The standard InChI is InChI=1S/C13H21N3/c1-11-8-12(9-14)10-15-13(11)16-6-4-2-3-5-7-16/h8,10H,2-7,9,14H2,1H3. The van der Waals surface area contributed by atoms with E-state index in [9.17, 15) is 0 Å². The average Bonchev–Trinajstić information content (AvgIpc) is 2.57. The van der Waals surface area contributed by atoms with E-state index in [1.165, 1.54) is 31.2 Å². The molecule has 0 spiro atoms. The molecular weight excluding hydrogens is 198 g/mol. The van der Waals surface area contributed by atoms with E-state index in [0.717, 1.165) is 24.5 Å². The molecule has 1 aliphatic heterocycles. The van der Waals surface area contributed by atoms with Gasteiger partial charge < -0.3 is 10.6 Å². The summed E-state index contributed by atoms with van der Waals surface area (Å²) in [5.41, 5.74) is 7.99. The number of aryl methyl sites for hydroxylation is 1. The second-order valence-electron chi connectivity index (χ2n) is 4.59. The van der Waals surface area contributed by atoms with Crippen LogP contribution in [0.25, 0.3) is 0 Å². The highest BCUT2D eigenvalue weighted by atomic mass is 15.2. The van der Waals surface area contributed by atoms with Gasteiger partial charge in [0.15, 0.2) is 0 Å². The van der Waals surface area contributed by atoms with Gasteiger partial charge in [0.25, 0.3) is 0 Å². The second kappa shape index (κ2) is 5.30. The molecule has 0 bridgehead atoms. The highest BCUT2D eigenvalue weighted by Gasteiger charge is 2.13. The molecule has 0 amide bonds. The van der Waals surface area contributed by atoms with E-state index in [4.69, 9.17) is 5.73 Å². The summed E-state index contributed by atoms with van der Waals surface area (Å²) in [6.45, 7) is 5.01. The van der Waals surface area contributed by atoms with E-state index >= 15 is 0 Å². The lowest BCUT2D eigenvalue weighted by molar-refractivity contribution is 0.726. The third kappa shape index (κ3) is 2.53. The molecule has 88 valence electrons. The minimum absolute atomic E-state index is 0.578. The zero-order chi connectivity index (χ0) is 11.4. The van der Waals surface area contributed by atoms with Gasteiger partial charge in [-0.3, -0.25) is 0 Å². The first-order chi connectivity index (χ1) is 7.81. The predicted octanol–water partition coefficient (Wildman–Crippen LogP) is 2.23. The van der Waals surface area contributed by atoms with Crippen molar-refractivity contribution in [1.82, 2.24) is 4.98 Å². The third-order valence-corrected chi connectivity index (χ3v) is 3.25. The van der Waals surface area contributed by atoms with E-state index in [1.807, 2.05) is 6.20 Å². The average molecular weight is 219 g/mol. The Kier molecular flexibility index (Phi) is 3.78. The van der Waals surface area contributed by atoms with Crippen LogP contribution in [0.2, 0.25) is 0 Å². The molecule has 1 aromatic heterocycles. The smallest absolute Gasteiger partial charge is 0.131 e. The summed E-state index contributed by atoms with van der Waals surface area (Å²) in [7, 11) is 0. The van der Waals surface area contributed by atoms with Crippen molar-refractivity contribution in [2.75, 3.05) is 18.0 Å². The molecular formula is C13H21N3. The SMILES string of the molecule is Cc1cc(CN)cnc1N1CCCCCC1. The Morgan fingerprint density at radius 2 is 1.94 bits per heavy atom. The molecule has 2 N–H and O–H groups in total. The Labute approximate surface area is 97.7 Å². The molecule has 0 saturated carbocycles. The Balaban J connectivity index is 2.18. The lowest BCUT2D eigenvalue weighted by Gasteiger charge is -2.23. The highest BCUT2D eigenvalue weighted by molar-refractivity contribution is 5.47. The first-order valence-electron chi connectivity index (χ1n) is 6.22. The number of nitrogens with zero attached hydrogens (tertiary/aromatic N) is 2. The molecule has 2 rings (SSSR count). The van der Waals surface area contributed by atoms with Crippen molar-refractivity contribution in [2.45, 2.75) is 39.2 Å². The fourth-order valence-corrected chi connectivity index (χ4v) is 2.35. The topological polar surface area (TPSA) is 42.1 Å². The van der Waals surface area contributed by atoms with Crippen LogP contribution in [0, 0.1) is 6.92 Å². The van der Waals surface area contributed by atoms with Gasteiger partial charge in [-0.1, -0.05) is 12.8 Å². The van der Waals surface area contributed by atoms with Gasteiger partial charge in [-0.2, -0.15) is 0 Å². The Morgan fingerprint density at radius 1 is 1.25 bits per heavy atom. The minimum Gasteiger partial charge on any atom is -0.356 e. The zero-order valence-corrected chi connectivity index (χ0v) is 10.1. The molecule has 0 unspecified atom stereocenters. The summed E-state index contributed by atoms with van der Waals surface area (Å²) in [6.07, 6.45) is 7.21. The minimum atomic E-state index is 0.578. The molecule has 1 fully saturated rings. The molecule has 0 aliphatic carbocycles. The van der Waals surface area contributed by atoms with Crippen molar-refractivity contribution >= 4 is 5.82 Å². The van der Waals surface area contributed by atoms with Crippen LogP contribution in [0.1, 0.15) is 36.8 Å². The van der Waals surface area contributed by atoms with Gasteiger partial charge in [-0.25, -0.2) is 4.98 Å². The zero-order valence-electron chi connectivity index (χ0n) is 10.1. The normalized spacial score (nSPS) is 17.2. The van der Waals surface area contributed by atoms with Gasteiger partial charge in [-0.05, 0) is 37.0 Å². The van der Waals surface area contributed by atoms with Gasteiger partial charge >= 0.3 is 0 Å². The van der Waals surface area contributed by atoms with E-state index < -0.39 is 0 Å². The van der Waals surface area contributed by atoms with E-state index in [-0.39, 0.29) is 0 Å². The van der Waals surface area contributed by atoms with Crippen molar-refractivity contribution in [2.24, 2.45) is 5.73 Å².